The maximum Gasteiger partial charge on any atom is 0.0681 e. The van der Waals surface area contributed by atoms with Crippen LogP contribution in [0.3, 0.4) is 0 Å². The average molecular weight is 150 g/mol. The number of aliphatic hydroxyl groups is 1. The summed E-state index contributed by atoms with van der Waals surface area (Å²) in [6.45, 7) is 4.37. The third-order valence-corrected chi connectivity index (χ3v) is 1.98. The van der Waals surface area contributed by atoms with Crippen molar-refractivity contribution in [1.82, 2.24) is 0 Å². The molecule has 1 rings (SSSR count). The van der Waals surface area contributed by atoms with Gasteiger partial charge in [-0.15, -0.1) is 0 Å². The number of rotatable bonds is 2. The predicted octanol–water partition coefficient (Wildman–Crippen LogP) is 2.05. The molecule has 1 heteroatoms. The monoisotopic (exact) mass is 150 g/mol. The molecule has 0 aromatic heterocycles. The molecular weight excluding hydrogens is 136 g/mol. The summed E-state index contributed by atoms with van der Waals surface area (Å²) in [7, 11) is 0. The van der Waals surface area contributed by atoms with Crippen LogP contribution in [0.5, 0.6) is 0 Å². The van der Waals surface area contributed by atoms with Crippen molar-refractivity contribution in [2.45, 2.75) is 26.9 Å². The fourth-order valence-corrected chi connectivity index (χ4v) is 1.20. The molecule has 0 aliphatic carbocycles. The summed E-state index contributed by atoms with van der Waals surface area (Å²) in [4.78, 5) is 0. The van der Waals surface area contributed by atoms with Gasteiger partial charge in [0.05, 0.1) is 6.61 Å². The lowest BCUT2D eigenvalue weighted by atomic mass is 10.0. The fourth-order valence-electron chi connectivity index (χ4n) is 1.20. The van der Waals surface area contributed by atoms with E-state index in [1.165, 1.54) is 11.1 Å². The van der Waals surface area contributed by atoms with Crippen LogP contribution >= 0.6 is 0 Å². The van der Waals surface area contributed by atoms with Crippen LogP contribution in [0.4, 0.5) is 0 Å². The van der Waals surface area contributed by atoms with Gasteiger partial charge in [0.1, 0.15) is 0 Å². The molecule has 11 heavy (non-hydrogen) atoms. The van der Waals surface area contributed by atoms with Gasteiger partial charge in [0, 0.05) is 0 Å². The quantitative estimate of drug-likeness (QED) is 0.684. The van der Waals surface area contributed by atoms with Crippen LogP contribution in [0.2, 0.25) is 0 Å². The van der Waals surface area contributed by atoms with Crippen molar-refractivity contribution >= 4 is 0 Å². The van der Waals surface area contributed by atoms with E-state index in [4.69, 9.17) is 5.11 Å². The number of hydrogen-bond acceptors (Lipinski definition) is 1. The maximum absolute atomic E-state index is 8.85. The van der Waals surface area contributed by atoms with Crippen molar-refractivity contribution in [3.8, 4) is 0 Å². The molecule has 0 atom stereocenters. The topological polar surface area (TPSA) is 20.2 Å². The SMILES string of the molecule is CCc1cc(CO)ccc1C. The van der Waals surface area contributed by atoms with Crippen molar-refractivity contribution in [3.05, 3.63) is 34.9 Å². The van der Waals surface area contributed by atoms with E-state index in [-0.39, 0.29) is 6.61 Å². The molecular formula is C10H14O. The van der Waals surface area contributed by atoms with Crippen LogP contribution in [0.1, 0.15) is 23.6 Å². The first-order valence-corrected chi connectivity index (χ1v) is 3.97. The fraction of sp³-hybridized carbons (Fsp3) is 0.400. The molecule has 0 spiro atoms. The molecule has 0 aliphatic heterocycles. The lowest BCUT2D eigenvalue weighted by Gasteiger charge is -2.03. The number of aliphatic hydroxyl groups excluding tert-OH is 1. The second kappa shape index (κ2) is 3.54. The minimum absolute atomic E-state index is 0.146. The Kier molecular flexibility index (Phi) is 2.66. The van der Waals surface area contributed by atoms with Crippen molar-refractivity contribution in [2.75, 3.05) is 0 Å². The van der Waals surface area contributed by atoms with Crippen molar-refractivity contribution < 1.29 is 5.11 Å². The van der Waals surface area contributed by atoms with Crippen LogP contribution in [0.25, 0.3) is 0 Å². The molecule has 1 aromatic rings. The molecule has 0 radical (unpaired) electrons. The van der Waals surface area contributed by atoms with Crippen LogP contribution < -0.4 is 0 Å². The third kappa shape index (κ3) is 1.81. The number of aryl methyl sites for hydroxylation is 2. The second-order valence-corrected chi connectivity index (χ2v) is 2.77. The van der Waals surface area contributed by atoms with E-state index in [0.29, 0.717) is 0 Å². The van der Waals surface area contributed by atoms with Crippen molar-refractivity contribution in [1.29, 1.82) is 0 Å². The summed E-state index contributed by atoms with van der Waals surface area (Å²) in [5.41, 5.74) is 3.65. The van der Waals surface area contributed by atoms with Gasteiger partial charge in [-0.3, -0.25) is 0 Å². The van der Waals surface area contributed by atoms with E-state index >= 15 is 0 Å². The summed E-state index contributed by atoms with van der Waals surface area (Å²) in [5.74, 6) is 0. The zero-order chi connectivity index (χ0) is 8.27. The lowest BCUT2D eigenvalue weighted by Crippen LogP contribution is -1.90. The molecule has 1 nitrogen and oxygen atoms in total. The van der Waals surface area contributed by atoms with Gasteiger partial charge in [0.15, 0.2) is 0 Å². The minimum atomic E-state index is 0.146. The van der Waals surface area contributed by atoms with Crippen LogP contribution in [0, 0.1) is 6.92 Å². The predicted molar refractivity (Wildman–Crippen MR) is 46.5 cm³/mol. The van der Waals surface area contributed by atoms with Crippen LogP contribution in [0.15, 0.2) is 18.2 Å². The van der Waals surface area contributed by atoms with E-state index in [0.717, 1.165) is 12.0 Å². The van der Waals surface area contributed by atoms with Gasteiger partial charge in [-0.1, -0.05) is 25.1 Å². The smallest absolute Gasteiger partial charge is 0.0681 e. The summed E-state index contributed by atoms with van der Waals surface area (Å²) in [6, 6.07) is 6.09. The van der Waals surface area contributed by atoms with Gasteiger partial charge in [-0.05, 0) is 30.0 Å². The highest BCUT2D eigenvalue weighted by Gasteiger charge is 1.96. The Hall–Kier alpha value is -0.820. The zero-order valence-electron chi connectivity index (χ0n) is 7.09. The summed E-state index contributed by atoms with van der Waals surface area (Å²) in [5, 5.41) is 8.85. The van der Waals surface area contributed by atoms with Crippen molar-refractivity contribution in [3.63, 3.8) is 0 Å². The van der Waals surface area contributed by atoms with Gasteiger partial charge in [0.2, 0.25) is 0 Å². The van der Waals surface area contributed by atoms with Gasteiger partial charge >= 0.3 is 0 Å². The Morgan fingerprint density at radius 1 is 1.36 bits per heavy atom. The molecule has 1 N–H and O–H groups in total. The normalized spacial score (nSPS) is 10.1. The molecule has 0 saturated heterocycles. The van der Waals surface area contributed by atoms with E-state index in [1.807, 2.05) is 6.07 Å². The first kappa shape index (κ1) is 8.28. The average Bonchev–Trinajstić information content (AvgIpc) is 2.05. The number of benzene rings is 1. The van der Waals surface area contributed by atoms with Gasteiger partial charge < -0.3 is 5.11 Å². The van der Waals surface area contributed by atoms with Gasteiger partial charge in [0.25, 0.3) is 0 Å². The van der Waals surface area contributed by atoms with E-state index in [2.05, 4.69) is 26.0 Å². The highest BCUT2D eigenvalue weighted by atomic mass is 16.3. The number of hydrogen-bond donors (Lipinski definition) is 1. The maximum atomic E-state index is 8.85. The summed E-state index contributed by atoms with van der Waals surface area (Å²) < 4.78 is 0. The highest BCUT2D eigenvalue weighted by molar-refractivity contribution is 5.30. The zero-order valence-corrected chi connectivity index (χ0v) is 7.09. The second-order valence-electron chi connectivity index (χ2n) is 2.77. The van der Waals surface area contributed by atoms with Crippen LogP contribution in [-0.4, -0.2) is 5.11 Å². The van der Waals surface area contributed by atoms with Gasteiger partial charge in [-0.2, -0.15) is 0 Å². The molecule has 0 fully saturated rings. The summed E-state index contributed by atoms with van der Waals surface area (Å²) >= 11 is 0. The Morgan fingerprint density at radius 2 is 2.09 bits per heavy atom. The van der Waals surface area contributed by atoms with E-state index in [1.54, 1.807) is 0 Å². The first-order chi connectivity index (χ1) is 5.27. The van der Waals surface area contributed by atoms with Crippen molar-refractivity contribution in [2.24, 2.45) is 0 Å². The first-order valence-electron chi connectivity index (χ1n) is 3.97. The largest absolute Gasteiger partial charge is 0.392 e. The molecule has 0 heterocycles. The Balaban J connectivity index is 3.02. The third-order valence-electron chi connectivity index (χ3n) is 1.98. The Bertz CT molecular complexity index is 241. The molecule has 0 bridgehead atoms. The van der Waals surface area contributed by atoms with E-state index < -0.39 is 0 Å². The molecule has 0 aliphatic rings. The highest BCUT2D eigenvalue weighted by Crippen LogP contribution is 2.11. The van der Waals surface area contributed by atoms with Crippen LogP contribution in [-0.2, 0) is 13.0 Å². The van der Waals surface area contributed by atoms with E-state index in [9.17, 15) is 0 Å². The summed E-state index contributed by atoms with van der Waals surface area (Å²) in [6.07, 6.45) is 1.04. The minimum Gasteiger partial charge on any atom is -0.392 e. The lowest BCUT2D eigenvalue weighted by molar-refractivity contribution is 0.281. The standard InChI is InChI=1S/C10H14O/c1-3-10-6-9(7-11)5-4-8(10)2/h4-6,11H,3,7H2,1-2H3. The molecule has 0 amide bonds. The molecule has 0 saturated carbocycles. The molecule has 0 unspecified atom stereocenters. The van der Waals surface area contributed by atoms with Gasteiger partial charge in [-0.25, -0.2) is 0 Å². The molecule has 1 aromatic carbocycles. The Labute approximate surface area is 67.7 Å². The Morgan fingerprint density at radius 3 is 2.64 bits per heavy atom. The molecule has 60 valence electrons.